The molecule has 5 heteroatoms. The largest absolute Gasteiger partial charge is 0.466 e. The lowest BCUT2D eigenvalue weighted by molar-refractivity contribution is 0.235. The van der Waals surface area contributed by atoms with Crippen LogP contribution in [0.15, 0.2) is 16.1 Å². The summed E-state index contributed by atoms with van der Waals surface area (Å²) in [6.07, 6.45) is -0.169. The van der Waals surface area contributed by atoms with E-state index in [-0.39, 0.29) is 11.3 Å². The minimum absolute atomic E-state index is 0.169. The molecule has 0 saturated carbocycles. The van der Waals surface area contributed by atoms with Gasteiger partial charge in [0.1, 0.15) is 0 Å². The van der Waals surface area contributed by atoms with Gasteiger partial charge in [0, 0.05) is 0 Å². The molecule has 0 bridgehead atoms. The predicted octanol–water partition coefficient (Wildman–Crippen LogP) is 1.06. The van der Waals surface area contributed by atoms with Gasteiger partial charge in [0.05, 0.1) is 17.2 Å². The van der Waals surface area contributed by atoms with E-state index >= 15 is 0 Å². The quantitative estimate of drug-likeness (QED) is 0.619. The van der Waals surface area contributed by atoms with Gasteiger partial charge in [0.2, 0.25) is 0 Å². The van der Waals surface area contributed by atoms with Gasteiger partial charge >= 0.3 is 5.23 Å². The standard InChI is InChI=1S/C7H11NO3S/c1-5(2)11-7-8-6(3)4-12(7,9)10/h4-5H,1-3H3. The molecule has 0 N–H and O–H groups in total. The number of aliphatic imine (C=N–C) groups is 1. The molecular weight excluding hydrogens is 178 g/mol. The first kappa shape index (κ1) is 9.25. The molecule has 1 heterocycles. The summed E-state index contributed by atoms with van der Waals surface area (Å²) in [5.74, 6) is 0. The third-order valence-corrected chi connectivity index (χ3v) is 2.50. The smallest absolute Gasteiger partial charge is 0.314 e. The van der Waals surface area contributed by atoms with Gasteiger partial charge in [-0.05, 0) is 20.8 Å². The molecule has 0 aromatic carbocycles. The summed E-state index contributed by atoms with van der Waals surface area (Å²) in [7, 11) is -3.37. The normalized spacial score (nSPS) is 20.7. The minimum Gasteiger partial charge on any atom is -0.466 e. The van der Waals surface area contributed by atoms with E-state index in [1.165, 1.54) is 0 Å². The van der Waals surface area contributed by atoms with Crippen LogP contribution in [0.1, 0.15) is 20.8 Å². The van der Waals surface area contributed by atoms with Crippen LogP contribution in [0.5, 0.6) is 0 Å². The lowest BCUT2D eigenvalue weighted by Gasteiger charge is -2.07. The first-order valence-electron chi connectivity index (χ1n) is 3.60. The van der Waals surface area contributed by atoms with Crippen LogP contribution in [-0.4, -0.2) is 19.8 Å². The molecule has 0 amide bonds. The van der Waals surface area contributed by atoms with Crippen molar-refractivity contribution >= 4 is 15.1 Å². The zero-order valence-electron chi connectivity index (χ0n) is 7.23. The van der Waals surface area contributed by atoms with Gasteiger partial charge in [0.25, 0.3) is 9.84 Å². The first-order chi connectivity index (χ1) is 5.42. The monoisotopic (exact) mass is 189 g/mol. The van der Waals surface area contributed by atoms with Gasteiger partial charge in [-0.1, -0.05) is 0 Å². The molecule has 0 aromatic rings. The lowest BCUT2D eigenvalue weighted by atomic mass is 10.5. The van der Waals surface area contributed by atoms with E-state index in [0.29, 0.717) is 5.70 Å². The van der Waals surface area contributed by atoms with Crippen LogP contribution in [0.4, 0.5) is 0 Å². The fourth-order valence-electron chi connectivity index (χ4n) is 0.804. The maximum absolute atomic E-state index is 11.2. The third kappa shape index (κ3) is 1.85. The summed E-state index contributed by atoms with van der Waals surface area (Å²) in [6, 6.07) is 0. The van der Waals surface area contributed by atoms with Crippen LogP contribution in [0.3, 0.4) is 0 Å². The van der Waals surface area contributed by atoms with E-state index in [0.717, 1.165) is 5.41 Å². The SMILES string of the molecule is CC1=CS(=O)(=O)C(OC(C)C)=N1. The van der Waals surface area contributed by atoms with Crippen molar-refractivity contribution in [2.75, 3.05) is 0 Å². The highest BCUT2D eigenvalue weighted by Gasteiger charge is 2.25. The fraction of sp³-hybridized carbons (Fsp3) is 0.571. The Morgan fingerprint density at radius 1 is 1.50 bits per heavy atom. The molecule has 0 aromatic heterocycles. The Balaban J connectivity index is 2.90. The highest BCUT2D eigenvalue weighted by atomic mass is 32.2. The molecule has 68 valence electrons. The van der Waals surface area contributed by atoms with E-state index in [1.54, 1.807) is 20.8 Å². The van der Waals surface area contributed by atoms with Crippen LogP contribution >= 0.6 is 0 Å². The van der Waals surface area contributed by atoms with Crippen molar-refractivity contribution in [1.82, 2.24) is 0 Å². The van der Waals surface area contributed by atoms with Crippen molar-refractivity contribution in [3.05, 3.63) is 11.1 Å². The summed E-state index contributed by atoms with van der Waals surface area (Å²) in [4.78, 5) is 3.75. The molecule has 0 spiro atoms. The summed E-state index contributed by atoms with van der Waals surface area (Å²) >= 11 is 0. The Hall–Kier alpha value is -0.840. The zero-order chi connectivity index (χ0) is 9.35. The number of hydrogen-bond acceptors (Lipinski definition) is 4. The molecule has 0 saturated heterocycles. The van der Waals surface area contributed by atoms with Crippen LogP contribution < -0.4 is 0 Å². The second-order valence-corrected chi connectivity index (χ2v) is 4.52. The van der Waals surface area contributed by atoms with Crippen molar-refractivity contribution in [2.45, 2.75) is 26.9 Å². The van der Waals surface area contributed by atoms with Crippen molar-refractivity contribution in [2.24, 2.45) is 4.99 Å². The molecule has 1 rings (SSSR count). The molecule has 0 radical (unpaired) electrons. The number of allylic oxidation sites excluding steroid dienone is 1. The molecule has 1 aliphatic heterocycles. The number of nitrogens with zero attached hydrogens (tertiary/aromatic N) is 1. The number of ether oxygens (including phenoxy) is 1. The molecule has 0 aliphatic carbocycles. The molecule has 4 nitrogen and oxygen atoms in total. The van der Waals surface area contributed by atoms with Crippen molar-refractivity contribution in [3.8, 4) is 0 Å². The van der Waals surface area contributed by atoms with Crippen LogP contribution in [0.2, 0.25) is 0 Å². The van der Waals surface area contributed by atoms with Gasteiger partial charge in [-0.3, -0.25) is 0 Å². The number of rotatable bonds is 1. The Morgan fingerprint density at radius 2 is 2.08 bits per heavy atom. The number of hydrogen-bond donors (Lipinski definition) is 0. The maximum atomic E-state index is 11.2. The second-order valence-electron chi connectivity index (χ2n) is 2.85. The van der Waals surface area contributed by atoms with Crippen LogP contribution in [-0.2, 0) is 14.6 Å². The molecular formula is C7H11NO3S. The summed E-state index contributed by atoms with van der Waals surface area (Å²) in [5, 5.41) is 0.917. The topological polar surface area (TPSA) is 55.7 Å². The van der Waals surface area contributed by atoms with Gasteiger partial charge in [-0.25, -0.2) is 13.4 Å². The molecule has 0 atom stereocenters. The van der Waals surface area contributed by atoms with Crippen molar-refractivity contribution in [1.29, 1.82) is 0 Å². The Bertz CT molecular complexity index is 338. The first-order valence-corrected chi connectivity index (χ1v) is 5.15. The van der Waals surface area contributed by atoms with E-state index in [4.69, 9.17) is 4.74 Å². The van der Waals surface area contributed by atoms with Crippen LogP contribution in [0.25, 0.3) is 0 Å². The predicted molar refractivity (Wildman–Crippen MR) is 46.3 cm³/mol. The molecule has 12 heavy (non-hydrogen) atoms. The highest BCUT2D eigenvalue weighted by Crippen LogP contribution is 2.15. The van der Waals surface area contributed by atoms with E-state index in [2.05, 4.69) is 4.99 Å². The zero-order valence-corrected chi connectivity index (χ0v) is 8.05. The molecule has 0 fully saturated rings. The summed E-state index contributed by atoms with van der Waals surface area (Å²) in [6.45, 7) is 5.13. The maximum Gasteiger partial charge on any atom is 0.314 e. The van der Waals surface area contributed by atoms with Crippen molar-refractivity contribution < 1.29 is 13.2 Å². The minimum atomic E-state index is -3.37. The molecule has 1 aliphatic rings. The average Bonchev–Trinajstić information content (AvgIpc) is 2.04. The van der Waals surface area contributed by atoms with Gasteiger partial charge in [-0.2, -0.15) is 0 Å². The fourth-order valence-corrected chi connectivity index (χ4v) is 2.00. The number of sulfone groups is 1. The second kappa shape index (κ2) is 2.90. The van der Waals surface area contributed by atoms with Gasteiger partial charge in [-0.15, -0.1) is 0 Å². The van der Waals surface area contributed by atoms with Gasteiger partial charge in [0.15, 0.2) is 0 Å². The van der Waals surface area contributed by atoms with E-state index in [1.807, 2.05) is 0 Å². The summed E-state index contributed by atoms with van der Waals surface area (Å²) in [5.41, 5.74) is 0.464. The Morgan fingerprint density at radius 3 is 2.42 bits per heavy atom. The van der Waals surface area contributed by atoms with E-state index < -0.39 is 9.84 Å². The Labute approximate surface area is 71.9 Å². The van der Waals surface area contributed by atoms with Crippen molar-refractivity contribution in [3.63, 3.8) is 0 Å². The summed E-state index contributed by atoms with van der Waals surface area (Å²) < 4.78 is 27.4. The third-order valence-electron chi connectivity index (χ3n) is 1.17. The highest BCUT2D eigenvalue weighted by molar-refractivity contribution is 8.08. The lowest BCUT2D eigenvalue weighted by Crippen LogP contribution is -2.17. The van der Waals surface area contributed by atoms with Gasteiger partial charge < -0.3 is 4.74 Å². The van der Waals surface area contributed by atoms with E-state index in [9.17, 15) is 8.42 Å². The molecule has 0 unspecified atom stereocenters. The Kier molecular flexibility index (Phi) is 2.23. The van der Waals surface area contributed by atoms with Crippen LogP contribution in [0, 0.1) is 0 Å². The average molecular weight is 189 g/mol.